The second-order valence-electron chi connectivity index (χ2n) is 4.83. The van der Waals surface area contributed by atoms with Crippen LogP contribution >= 0.6 is 0 Å². The molecule has 0 saturated heterocycles. The predicted molar refractivity (Wildman–Crippen MR) is 76.1 cm³/mol. The zero-order valence-corrected chi connectivity index (χ0v) is 12.0. The van der Waals surface area contributed by atoms with E-state index in [-0.39, 0.29) is 24.4 Å². The molecule has 0 radical (unpaired) electrons. The van der Waals surface area contributed by atoms with Crippen molar-refractivity contribution in [2.24, 2.45) is 0 Å². The van der Waals surface area contributed by atoms with E-state index in [1.165, 1.54) is 24.3 Å². The predicted octanol–water partition coefficient (Wildman–Crippen LogP) is 3.39. The van der Waals surface area contributed by atoms with Crippen molar-refractivity contribution in [1.29, 1.82) is 0 Å². The quantitative estimate of drug-likeness (QED) is 0.765. The summed E-state index contributed by atoms with van der Waals surface area (Å²) in [5.74, 6) is -1.09. The molecule has 7 heteroatoms. The zero-order valence-electron chi connectivity index (χ0n) is 12.0. The van der Waals surface area contributed by atoms with Gasteiger partial charge in [0.25, 0.3) is 0 Å². The first-order valence-corrected chi connectivity index (χ1v) is 6.83. The number of nitrogens with one attached hydrogen (secondary N) is 1. The van der Waals surface area contributed by atoms with E-state index in [0.29, 0.717) is 5.56 Å². The lowest BCUT2D eigenvalue weighted by molar-refractivity contribution is -0.0498. The molecule has 2 N–H and O–H groups in total. The minimum Gasteiger partial charge on any atom is -0.435 e. The van der Waals surface area contributed by atoms with Crippen molar-refractivity contribution in [3.63, 3.8) is 0 Å². The standard InChI is InChI=1S/C16H15F4NO2/c17-12-3-6-14(18)11(7-12)8-21-9-15(22)10-1-4-13(5-2-10)23-16(19)20/h1-7,15-16,21-22H,8-9H2. The summed E-state index contributed by atoms with van der Waals surface area (Å²) in [5.41, 5.74) is 0.636. The fraction of sp³-hybridized carbons (Fsp3) is 0.250. The largest absolute Gasteiger partial charge is 0.435 e. The van der Waals surface area contributed by atoms with E-state index in [1.54, 1.807) is 0 Å². The summed E-state index contributed by atoms with van der Waals surface area (Å²) in [6.45, 7) is -2.77. The molecule has 0 fully saturated rings. The smallest absolute Gasteiger partial charge is 0.387 e. The molecule has 0 aromatic heterocycles. The van der Waals surface area contributed by atoms with Gasteiger partial charge in [-0.3, -0.25) is 0 Å². The number of halogens is 4. The SMILES string of the molecule is OC(CNCc1cc(F)ccc1F)c1ccc(OC(F)F)cc1. The molecule has 2 aromatic carbocycles. The average molecular weight is 329 g/mol. The lowest BCUT2D eigenvalue weighted by Gasteiger charge is -2.13. The number of aliphatic hydroxyl groups is 1. The topological polar surface area (TPSA) is 41.5 Å². The van der Waals surface area contributed by atoms with Crippen molar-refractivity contribution in [2.75, 3.05) is 6.54 Å². The minimum absolute atomic E-state index is 0.00857. The highest BCUT2D eigenvalue weighted by atomic mass is 19.3. The molecule has 0 aliphatic heterocycles. The van der Waals surface area contributed by atoms with Crippen LogP contribution in [0.2, 0.25) is 0 Å². The highest BCUT2D eigenvalue weighted by molar-refractivity contribution is 5.28. The summed E-state index contributed by atoms with van der Waals surface area (Å²) in [6, 6.07) is 8.67. The van der Waals surface area contributed by atoms with Crippen LogP contribution in [0.3, 0.4) is 0 Å². The van der Waals surface area contributed by atoms with Crippen LogP contribution in [0, 0.1) is 11.6 Å². The Morgan fingerprint density at radius 2 is 1.74 bits per heavy atom. The average Bonchev–Trinajstić information content (AvgIpc) is 2.50. The number of ether oxygens (including phenoxy) is 1. The third-order valence-corrected chi connectivity index (χ3v) is 3.15. The van der Waals surface area contributed by atoms with Gasteiger partial charge in [-0.2, -0.15) is 8.78 Å². The van der Waals surface area contributed by atoms with Gasteiger partial charge >= 0.3 is 6.61 Å². The van der Waals surface area contributed by atoms with Crippen LogP contribution in [0.15, 0.2) is 42.5 Å². The zero-order chi connectivity index (χ0) is 16.8. The molecule has 23 heavy (non-hydrogen) atoms. The van der Waals surface area contributed by atoms with Crippen LogP contribution in [0.5, 0.6) is 5.75 Å². The summed E-state index contributed by atoms with van der Waals surface area (Å²) in [7, 11) is 0. The Morgan fingerprint density at radius 3 is 2.39 bits per heavy atom. The maximum atomic E-state index is 13.4. The molecular weight excluding hydrogens is 314 g/mol. The van der Waals surface area contributed by atoms with Gasteiger partial charge in [0.05, 0.1) is 6.10 Å². The molecule has 0 aliphatic rings. The van der Waals surface area contributed by atoms with Gasteiger partial charge in [-0.25, -0.2) is 8.78 Å². The normalized spacial score (nSPS) is 12.4. The van der Waals surface area contributed by atoms with Crippen LogP contribution in [-0.4, -0.2) is 18.3 Å². The van der Waals surface area contributed by atoms with Crippen molar-refractivity contribution in [1.82, 2.24) is 5.32 Å². The summed E-state index contributed by atoms with van der Waals surface area (Å²) >= 11 is 0. The van der Waals surface area contributed by atoms with Crippen LogP contribution in [0.1, 0.15) is 17.2 Å². The lowest BCUT2D eigenvalue weighted by Crippen LogP contribution is -2.21. The molecule has 124 valence electrons. The van der Waals surface area contributed by atoms with Gasteiger partial charge < -0.3 is 15.2 Å². The molecule has 3 nitrogen and oxygen atoms in total. The van der Waals surface area contributed by atoms with Crippen molar-refractivity contribution < 1.29 is 27.4 Å². The second-order valence-corrected chi connectivity index (χ2v) is 4.83. The first-order chi connectivity index (χ1) is 11.0. The van der Waals surface area contributed by atoms with Crippen LogP contribution < -0.4 is 10.1 Å². The Labute approximate surface area is 130 Å². The number of hydrogen-bond donors (Lipinski definition) is 2. The van der Waals surface area contributed by atoms with E-state index in [0.717, 1.165) is 18.2 Å². The summed E-state index contributed by atoms with van der Waals surface area (Å²) in [6.07, 6.45) is -0.924. The number of alkyl halides is 2. The van der Waals surface area contributed by atoms with Gasteiger partial charge in [-0.1, -0.05) is 12.1 Å². The van der Waals surface area contributed by atoms with Gasteiger partial charge in [0.15, 0.2) is 0 Å². The molecule has 0 aliphatic carbocycles. The maximum absolute atomic E-state index is 13.4. The molecule has 0 heterocycles. The van der Waals surface area contributed by atoms with Crippen molar-refractivity contribution >= 4 is 0 Å². The molecule has 0 spiro atoms. The van der Waals surface area contributed by atoms with E-state index in [9.17, 15) is 22.7 Å². The number of rotatable bonds is 7. The molecule has 1 atom stereocenters. The number of aliphatic hydroxyl groups excluding tert-OH is 1. The third kappa shape index (κ3) is 5.22. The Hall–Kier alpha value is -2.12. The van der Waals surface area contributed by atoms with Gasteiger partial charge in [0.1, 0.15) is 17.4 Å². The van der Waals surface area contributed by atoms with Gasteiger partial charge in [0, 0.05) is 18.7 Å². The van der Waals surface area contributed by atoms with E-state index < -0.39 is 24.3 Å². The number of benzene rings is 2. The molecule has 0 saturated carbocycles. The molecular formula is C16H15F4NO2. The van der Waals surface area contributed by atoms with Crippen molar-refractivity contribution in [3.8, 4) is 5.75 Å². The van der Waals surface area contributed by atoms with E-state index in [1.807, 2.05) is 0 Å². The number of hydrogen-bond acceptors (Lipinski definition) is 3. The minimum atomic E-state index is -2.91. The van der Waals surface area contributed by atoms with E-state index >= 15 is 0 Å². The fourth-order valence-corrected chi connectivity index (χ4v) is 2.01. The Morgan fingerprint density at radius 1 is 1.04 bits per heavy atom. The van der Waals surface area contributed by atoms with Gasteiger partial charge in [0.2, 0.25) is 0 Å². The molecule has 0 amide bonds. The maximum Gasteiger partial charge on any atom is 0.387 e. The van der Waals surface area contributed by atoms with Crippen LogP contribution in [-0.2, 0) is 6.54 Å². The first-order valence-electron chi connectivity index (χ1n) is 6.83. The second kappa shape index (κ2) is 7.94. The highest BCUT2D eigenvalue weighted by Gasteiger charge is 2.10. The Balaban J connectivity index is 1.87. The monoisotopic (exact) mass is 329 g/mol. The first kappa shape index (κ1) is 17.2. The van der Waals surface area contributed by atoms with Crippen LogP contribution in [0.25, 0.3) is 0 Å². The van der Waals surface area contributed by atoms with Crippen LogP contribution in [0.4, 0.5) is 17.6 Å². The fourth-order valence-electron chi connectivity index (χ4n) is 2.01. The molecule has 2 aromatic rings. The Bertz CT molecular complexity index is 634. The molecule has 2 rings (SSSR count). The highest BCUT2D eigenvalue weighted by Crippen LogP contribution is 2.19. The third-order valence-electron chi connectivity index (χ3n) is 3.15. The van der Waals surface area contributed by atoms with E-state index in [2.05, 4.69) is 10.1 Å². The summed E-state index contributed by atoms with van der Waals surface area (Å²) < 4.78 is 54.7. The molecule has 1 unspecified atom stereocenters. The van der Waals surface area contributed by atoms with E-state index in [4.69, 9.17) is 0 Å². The van der Waals surface area contributed by atoms with Gasteiger partial charge in [-0.05, 0) is 35.9 Å². The summed E-state index contributed by atoms with van der Waals surface area (Å²) in [5, 5.41) is 12.8. The van der Waals surface area contributed by atoms with Gasteiger partial charge in [-0.15, -0.1) is 0 Å². The van der Waals surface area contributed by atoms with Crippen molar-refractivity contribution in [2.45, 2.75) is 19.3 Å². The lowest BCUT2D eigenvalue weighted by atomic mass is 10.1. The Kier molecular flexibility index (Phi) is 5.95. The molecule has 0 bridgehead atoms. The summed E-state index contributed by atoms with van der Waals surface area (Å²) in [4.78, 5) is 0. The van der Waals surface area contributed by atoms with Crippen molar-refractivity contribution in [3.05, 3.63) is 65.2 Å².